The second-order valence-corrected chi connectivity index (χ2v) is 4.79. The molecule has 74 valence electrons. The van der Waals surface area contributed by atoms with Gasteiger partial charge >= 0.3 is 5.97 Å². The lowest BCUT2D eigenvalue weighted by atomic mass is 9.96. The van der Waals surface area contributed by atoms with Gasteiger partial charge in [-0.1, -0.05) is 6.92 Å². The molecule has 1 heterocycles. The zero-order chi connectivity index (χ0) is 9.90. The Hall–Kier alpha value is -0.640. The van der Waals surface area contributed by atoms with Crippen molar-refractivity contribution in [3.05, 3.63) is 11.8 Å². The Balaban J connectivity index is 2.26. The van der Waals surface area contributed by atoms with Crippen LogP contribution in [-0.4, -0.2) is 24.1 Å². The van der Waals surface area contributed by atoms with E-state index in [2.05, 4.69) is 6.92 Å². The Morgan fingerprint density at radius 2 is 2.31 bits per heavy atom. The summed E-state index contributed by atoms with van der Waals surface area (Å²) in [6.45, 7) is 4.29. The molecule has 2 N–H and O–H groups in total. The van der Waals surface area contributed by atoms with Crippen LogP contribution in [0.4, 0.5) is 0 Å². The third kappa shape index (κ3) is 3.30. The van der Waals surface area contributed by atoms with E-state index in [0.29, 0.717) is 12.3 Å². The number of hydrogen-bond acceptors (Lipinski definition) is 4. The monoisotopic (exact) mass is 201 g/mol. The second-order valence-electron chi connectivity index (χ2n) is 3.80. The molecule has 0 aromatic heterocycles. The lowest BCUT2D eigenvalue weighted by Crippen LogP contribution is -2.37. The highest BCUT2D eigenvalue weighted by atomic mass is 32.2. The molecular weight excluding hydrogens is 186 g/mol. The molecule has 0 radical (unpaired) electrons. The van der Waals surface area contributed by atoms with Gasteiger partial charge < -0.3 is 10.5 Å². The van der Waals surface area contributed by atoms with Crippen molar-refractivity contribution in [3.63, 3.8) is 0 Å². The van der Waals surface area contributed by atoms with Crippen molar-refractivity contribution in [2.24, 2.45) is 11.1 Å². The number of allylic oxidation sites excluding steroid dienone is 1. The summed E-state index contributed by atoms with van der Waals surface area (Å²) in [6.07, 6.45) is 1.31. The van der Waals surface area contributed by atoms with Crippen molar-refractivity contribution >= 4 is 17.7 Å². The molecule has 3 nitrogen and oxygen atoms in total. The van der Waals surface area contributed by atoms with Crippen LogP contribution in [0, 0.1) is 5.41 Å². The zero-order valence-electron chi connectivity index (χ0n) is 8.00. The Morgan fingerprint density at radius 1 is 1.69 bits per heavy atom. The molecule has 13 heavy (non-hydrogen) atoms. The van der Waals surface area contributed by atoms with Crippen LogP contribution in [0.25, 0.3) is 0 Å². The summed E-state index contributed by atoms with van der Waals surface area (Å²) in [5.41, 5.74) is 6.01. The fourth-order valence-electron chi connectivity index (χ4n) is 1.01. The van der Waals surface area contributed by atoms with Gasteiger partial charge in [0.05, 0.1) is 6.61 Å². The standard InChI is InChI=1S/C9H15NO2S/c1-7(10)3-8(11)12-4-9(2)5-13-6-9/h3H,4-6,10H2,1-2H3/b7-3-. The Morgan fingerprint density at radius 3 is 2.69 bits per heavy atom. The Bertz CT molecular complexity index is 230. The Kier molecular flexibility index (Phi) is 3.25. The number of ether oxygens (including phenoxy) is 1. The highest BCUT2D eigenvalue weighted by Gasteiger charge is 2.33. The van der Waals surface area contributed by atoms with E-state index < -0.39 is 0 Å². The first-order chi connectivity index (χ1) is 6.02. The van der Waals surface area contributed by atoms with E-state index >= 15 is 0 Å². The molecule has 1 fully saturated rings. The van der Waals surface area contributed by atoms with Gasteiger partial charge in [0.15, 0.2) is 0 Å². The second kappa shape index (κ2) is 4.05. The first-order valence-electron chi connectivity index (χ1n) is 4.20. The van der Waals surface area contributed by atoms with Gasteiger partial charge in [0.25, 0.3) is 0 Å². The van der Waals surface area contributed by atoms with Crippen molar-refractivity contribution < 1.29 is 9.53 Å². The van der Waals surface area contributed by atoms with E-state index in [0.717, 1.165) is 11.5 Å². The van der Waals surface area contributed by atoms with Crippen molar-refractivity contribution in [3.8, 4) is 0 Å². The van der Waals surface area contributed by atoms with E-state index in [1.54, 1.807) is 6.92 Å². The number of carbonyl (C=O) groups excluding carboxylic acids is 1. The van der Waals surface area contributed by atoms with Crippen LogP contribution in [-0.2, 0) is 9.53 Å². The molecule has 4 heteroatoms. The molecule has 0 spiro atoms. The van der Waals surface area contributed by atoms with Gasteiger partial charge in [-0.05, 0) is 6.92 Å². The molecule has 1 aliphatic heterocycles. The number of nitrogens with two attached hydrogens (primary N) is 1. The largest absolute Gasteiger partial charge is 0.462 e. The first-order valence-corrected chi connectivity index (χ1v) is 5.36. The summed E-state index contributed by atoms with van der Waals surface area (Å²) in [5.74, 6) is 1.81. The molecule has 0 amide bonds. The minimum Gasteiger partial charge on any atom is -0.462 e. The minimum atomic E-state index is -0.335. The van der Waals surface area contributed by atoms with Crippen molar-refractivity contribution in [1.82, 2.24) is 0 Å². The van der Waals surface area contributed by atoms with E-state index in [9.17, 15) is 4.79 Å². The molecule has 1 rings (SSSR count). The number of thioether (sulfide) groups is 1. The fraction of sp³-hybridized carbons (Fsp3) is 0.667. The van der Waals surface area contributed by atoms with Crippen molar-refractivity contribution in [2.45, 2.75) is 13.8 Å². The van der Waals surface area contributed by atoms with E-state index in [1.807, 2.05) is 11.8 Å². The number of hydrogen-bond donors (Lipinski definition) is 1. The highest BCUT2D eigenvalue weighted by molar-refractivity contribution is 8.00. The average Bonchev–Trinajstić information content (AvgIpc) is 1.96. The van der Waals surface area contributed by atoms with Crippen molar-refractivity contribution in [2.75, 3.05) is 18.1 Å². The van der Waals surface area contributed by atoms with Gasteiger partial charge in [-0.15, -0.1) is 0 Å². The highest BCUT2D eigenvalue weighted by Crippen LogP contribution is 2.37. The third-order valence-corrected chi connectivity index (χ3v) is 3.61. The summed E-state index contributed by atoms with van der Waals surface area (Å²) < 4.78 is 5.05. The summed E-state index contributed by atoms with van der Waals surface area (Å²) in [5, 5.41) is 0. The summed E-state index contributed by atoms with van der Waals surface area (Å²) in [4.78, 5) is 11.1. The molecule has 0 bridgehead atoms. The third-order valence-electron chi connectivity index (χ3n) is 1.81. The summed E-state index contributed by atoms with van der Waals surface area (Å²) >= 11 is 1.88. The van der Waals surface area contributed by atoms with E-state index in [-0.39, 0.29) is 11.4 Å². The summed E-state index contributed by atoms with van der Waals surface area (Å²) in [7, 11) is 0. The predicted molar refractivity (Wildman–Crippen MR) is 54.3 cm³/mol. The maximum atomic E-state index is 11.1. The molecule has 0 saturated carbocycles. The van der Waals surface area contributed by atoms with Gasteiger partial charge in [0, 0.05) is 28.7 Å². The molecule has 1 aliphatic rings. The van der Waals surface area contributed by atoms with Gasteiger partial charge in [0.2, 0.25) is 0 Å². The van der Waals surface area contributed by atoms with Crippen LogP contribution >= 0.6 is 11.8 Å². The predicted octanol–water partition coefficient (Wildman–Crippen LogP) is 1.15. The molecular formula is C9H15NO2S. The van der Waals surface area contributed by atoms with Gasteiger partial charge in [0.1, 0.15) is 0 Å². The zero-order valence-corrected chi connectivity index (χ0v) is 8.82. The first kappa shape index (κ1) is 10.4. The van der Waals surface area contributed by atoms with Crippen LogP contribution in [0.5, 0.6) is 0 Å². The van der Waals surface area contributed by atoms with Crippen LogP contribution < -0.4 is 5.73 Å². The molecule has 0 atom stereocenters. The maximum absolute atomic E-state index is 11.1. The van der Waals surface area contributed by atoms with Gasteiger partial charge in [-0.2, -0.15) is 11.8 Å². The normalized spacial score (nSPS) is 20.6. The average molecular weight is 201 g/mol. The topological polar surface area (TPSA) is 52.3 Å². The molecule has 1 saturated heterocycles. The van der Waals surface area contributed by atoms with Crippen LogP contribution in [0.3, 0.4) is 0 Å². The number of esters is 1. The quantitative estimate of drug-likeness (QED) is 0.549. The van der Waals surface area contributed by atoms with E-state index in [4.69, 9.17) is 10.5 Å². The molecule has 0 aromatic carbocycles. The SMILES string of the molecule is C/C(N)=C/C(=O)OCC1(C)CSC1. The molecule has 0 aromatic rings. The molecule has 0 aliphatic carbocycles. The van der Waals surface area contributed by atoms with Crippen LogP contribution in [0.15, 0.2) is 11.8 Å². The van der Waals surface area contributed by atoms with Gasteiger partial charge in [-0.25, -0.2) is 4.79 Å². The van der Waals surface area contributed by atoms with E-state index in [1.165, 1.54) is 6.08 Å². The lowest BCUT2D eigenvalue weighted by molar-refractivity contribution is -0.140. The fourth-order valence-corrected chi connectivity index (χ4v) is 2.07. The summed E-state index contributed by atoms with van der Waals surface area (Å²) in [6, 6.07) is 0. The van der Waals surface area contributed by atoms with Gasteiger partial charge in [-0.3, -0.25) is 0 Å². The van der Waals surface area contributed by atoms with Crippen molar-refractivity contribution in [1.29, 1.82) is 0 Å². The van der Waals surface area contributed by atoms with Crippen LogP contribution in [0.1, 0.15) is 13.8 Å². The number of carbonyl (C=O) groups is 1. The lowest BCUT2D eigenvalue weighted by Gasteiger charge is -2.36. The maximum Gasteiger partial charge on any atom is 0.332 e. The smallest absolute Gasteiger partial charge is 0.332 e. The molecule has 0 unspecified atom stereocenters. The Labute approximate surface area is 82.7 Å². The minimum absolute atomic E-state index is 0.191. The number of rotatable bonds is 3. The van der Waals surface area contributed by atoms with Crippen LogP contribution in [0.2, 0.25) is 0 Å².